The molecule has 0 atom stereocenters. The van der Waals surface area contributed by atoms with Crippen molar-refractivity contribution in [3.05, 3.63) is 17.0 Å². The Morgan fingerprint density at radius 3 is 2.00 bits per heavy atom. The monoisotopic (exact) mass is 170 g/mol. The van der Waals surface area contributed by atoms with Crippen molar-refractivity contribution >= 4 is 23.9 Å². The van der Waals surface area contributed by atoms with Crippen molar-refractivity contribution in [2.45, 2.75) is 26.6 Å². The fourth-order valence-corrected chi connectivity index (χ4v) is 3.75. The highest BCUT2D eigenvalue weighted by molar-refractivity contribution is 7.26. The van der Waals surface area contributed by atoms with Crippen molar-refractivity contribution in [1.82, 2.24) is 0 Å². The summed E-state index contributed by atoms with van der Waals surface area (Å²) >= 11 is 1.96. The molecule has 1 aromatic heterocycles. The van der Waals surface area contributed by atoms with Gasteiger partial charge in [-0.3, -0.25) is 0 Å². The van der Waals surface area contributed by atoms with E-state index in [1.807, 2.05) is 11.3 Å². The number of hydrogen-bond acceptors (Lipinski definition) is 1. The minimum Gasteiger partial charge on any atom is -0.150 e. The second kappa shape index (κ2) is 2.51. The highest BCUT2D eigenvalue weighted by Crippen LogP contribution is 2.11. The fourth-order valence-electron chi connectivity index (χ4n) is 0.838. The zero-order valence-corrected chi connectivity index (χ0v) is 8.88. The van der Waals surface area contributed by atoms with Crippen molar-refractivity contribution < 1.29 is 0 Å². The largest absolute Gasteiger partial charge is 0.150 e. The molecule has 0 aliphatic carbocycles. The Morgan fingerprint density at radius 1 is 1.20 bits per heavy atom. The van der Waals surface area contributed by atoms with Gasteiger partial charge in [0.1, 0.15) is 0 Å². The second-order valence-corrected chi connectivity index (χ2v) is 10.3. The lowest BCUT2D eigenvalue weighted by Gasteiger charge is -2.11. The molecule has 0 fully saturated rings. The molecule has 0 aliphatic heterocycles. The van der Waals surface area contributed by atoms with Gasteiger partial charge in [0, 0.05) is 4.88 Å². The van der Waals surface area contributed by atoms with Gasteiger partial charge in [0.2, 0.25) is 0 Å². The van der Waals surface area contributed by atoms with E-state index in [9.17, 15) is 0 Å². The summed E-state index contributed by atoms with van der Waals surface area (Å²) in [5, 5.41) is 0. The van der Waals surface area contributed by atoms with Crippen molar-refractivity contribution in [2.75, 3.05) is 0 Å². The minimum absolute atomic E-state index is 0.994. The van der Waals surface area contributed by atoms with Gasteiger partial charge in [-0.1, -0.05) is 25.7 Å². The van der Waals surface area contributed by atoms with Crippen LogP contribution in [0.15, 0.2) is 12.1 Å². The van der Waals surface area contributed by atoms with Gasteiger partial charge in [-0.05, 0) is 17.5 Å². The fraction of sp³-hybridized carbons (Fsp3) is 0.500. The maximum Gasteiger partial charge on any atom is 0.0904 e. The molecule has 0 bridgehead atoms. The summed E-state index contributed by atoms with van der Waals surface area (Å²) in [5.41, 5.74) is 0. The predicted molar refractivity (Wildman–Crippen MR) is 52.0 cm³/mol. The summed E-state index contributed by atoms with van der Waals surface area (Å²) in [6.45, 7) is 9.34. The summed E-state index contributed by atoms with van der Waals surface area (Å²) in [7, 11) is -0.994. The van der Waals surface area contributed by atoms with Gasteiger partial charge in [0.05, 0.1) is 8.07 Å². The lowest BCUT2D eigenvalue weighted by molar-refractivity contribution is 1.64. The molecule has 1 heterocycles. The van der Waals surface area contributed by atoms with Gasteiger partial charge in [-0.2, -0.15) is 11.3 Å². The lowest BCUT2D eigenvalue weighted by Crippen LogP contribution is -2.34. The molecular formula is C8H14SSi. The van der Waals surface area contributed by atoms with E-state index in [1.165, 1.54) is 4.88 Å². The molecule has 10 heavy (non-hydrogen) atoms. The molecule has 2 heteroatoms. The molecule has 1 aromatic rings. The van der Waals surface area contributed by atoms with Crippen LogP contribution < -0.4 is 4.50 Å². The average molecular weight is 170 g/mol. The van der Waals surface area contributed by atoms with E-state index in [1.54, 1.807) is 4.50 Å². The van der Waals surface area contributed by atoms with E-state index in [-0.39, 0.29) is 0 Å². The molecule has 0 aromatic carbocycles. The SMILES string of the molecule is Cc1ccc([Si](C)(C)C)s1. The van der Waals surface area contributed by atoms with Gasteiger partial charge < -0.3 is 0 Å². The van der Waals surface area contributed by atoms with E-state index in [0.29, 0.717) is 0 Å². The molecule has 0 saturated carbocycles. The van der Waals surface area contributed by atoms with Crippen LogP contribution in [0.25, 0.3) is 0 Å². The summed E-state index contributed by atoms with van der Waals surface area (Å²) < 4.78 is 1.62. The molecule has 0 unspecified atom stereocenters. The molecule has 0 N–H and O–H groups in total. The molecule has 1 rings (SSSR count). The van der Waals surface area contributed by atoms with Crippen LogP contribution in [0, 0.1) is 6.92 Å². The zero-order chi connectivity index (χ0) is 7.78. The van der Waals surface area contributed by atoms with Crippen LogP contribution in [0.1, 0.15) is 4.88 Å². The number of hydrogen-bond donors (Lipinski definition) is 0. The van der Waals surface area contributed by atoms with Crippen LogP contribution in [0.5, 0.6) is 0 Å². The molecule has 0 amide bonds. The third kappa shape index (κ3) is 1.70. The third-order valence-corrected chi connectivity index (χ3v) is 6.08. The maximum atomic E-state index is 2.39. The van der Waals surface area contributed by atoms with Crippen molar-refractivity contribution in [3.8, 4) is 0 Å². The standard InChI is InChI=1S/C8H14SSi/c1-7-5-6-8(9-7)10(2,3)4/h5-6H,1-4H3. The molecule has 0 nitrogen and oxygen atoms in total. The Kier molecular flexibility index (Phi) is 2.01. The second-order valence-electron chi connectivity index (χ2n) is 3.66. The number of aryl methyl sites for hydroxylation is 1. The maximum absolute atomic E-state index is 2.39. The van der Waals surface area contributed by atoms with E-state index in [0.717, 1.165) is 0 Å². The van der Waals surface area contributed by atoms with Crippen LogP contribution in [-0.4, -0.2) is 8.07 Å². The van der Waals surface area contributed by atoms with Crippen molar-refractivity contribution in [2.24, 2.45) is 0 Å². The Balaban J connectivity index is 2.96. The third-order valence-electron chi connectivity index (χ3n) is 1.48. The summed E-state index contributed by atoms with van der Waals surface area (Å²) in [6.07, 6.45) is 0. The van der Waals surface area contributed by atoms with Crippen LogP contribution in [-0.2, 0) is 0 Å². The smallest absolute Gasteiger partial charge is 0.0904 e. The van der Waals surface area contributed by atoms with Gasteiger partial charge in [0.15, 0.2) is 0 Å². The van der Waals surface area contributed by atoms with E-state index >= 15 is 0 Å². The van der Waals surface area contributed by atoms with Crippen molar-refractivity contribution in [1.29, 1.82) is 0 Å². The van der Waals surface area contributed by atoms with Gasteiger partial charge in [0.25, 0.3) is 0 Å². The average Bonchev–Trinajstić information content (AvgIpc) is 2.11. The van der Waals surface area contributed by atoms with E-state index in [2.05, 4.69) is 38.7 Å². The van der Waals surface area contributed by atoms with Crippen LogP contribution in [0.3, 0.4) is 0 Å². The Bertz CT molecular complexity index is 219. The topological polar surface area (TPSA) is 0 Å². The summed E-state index contributed by atoms with van der Waals surface area (Å²) in [4.78, 5) is 1.44. The highest BCUT2D eigenvalue weighted by Gasteiger charge is 2.17. The summed E-state index contributed by atoms with van der Waals surface area (Å²) in [6, 6.07) is 4.50. The lowest BCUT2D eigenvalue weighted by atomic mass is 10.5. The minimum atomic E-state index is -0.994. The molecular weight excluding hydrogens is 156 g/mol. The highest BCUT2D eigenvalue weighted by atomic mass is 32.1. The Morgan fingerprint density at radius 2 is 1.80 bits per heavy atom. The van der Waals surface area contributed by atoms with Gasteiger partial charge in [-0.15, -0.1) is 0 Å². The molecule has 56 valence electrons. The Labute approximate surface area is 67.9 Å². The molecule has 0 aliphatic rings. The first-order valence-corrected chi connectivity index (χ1v) is 7.89. The van der Waals surface area contributed by atoms with Gasteiger partial charge in [-0.25, -0.2) is 0 Å². The normalized spacial score (nSPS) is 12.0. The molecule has 0 spiro atoms. The molecule has 0 radical (unpaired) electrons. The van der Waals surface area contributed by atoms with Crippen LogP contribution in [0.2, 0.25) is 19.6 Å². The van der Waals surface area contributed by atoms with Crippen LogP contribution >= 0.6 is 11.3 Å². The first-order valence-electron chi connectivity index (χ1n) is 3.57. The summed E-state index contributed by atoms with van der Waals surface area (Å²) in [5.74, 6) is 0. The Hall–Kier alpha value is -0.0831. The predicted octanol–water partition coefficient (Wildman–Crippen LogP) is 2.60. The first kappa shape index (κ1) is 8.02. The van der Waals surface area contributed by atoms with Gasteiger partial charge >= 0.3 is 0 Å². The van der Waals surface area contributed by atoms with Crippen molar-refractivity contribution in [3.63, 3.8) is 0 Å². The van der Waals surface area contributed by atoms with Crippen LogP contribution in [0.4, 0.5) is 0 Å². The first-order chi connectivity index (χ1) is 4.50. The van der Waals surface area contributed by atoms with E-state index < -0.39 is 8.07 Å². The van der Waals surface area contributed by atoms with E-state index in [4.69, 9.17) is 0 Å². The zero-order valence-electron chi connectivity index (χ0n) is 7.06. The quantitative estimate of drug-likeness (QED) is 0.568. The molecule has 0 saturated heterocycles. The number of thiophene rings is 1. The number of rotatable bonds is 1.